The fraction of sp³-hybridized carbons (Fsp3) is 0.478. The zero-order chi connectivity index (χ0) is 21.8. The van der Waals surface area contributed by atoms with Crippen molar-refractivity contribution in [2.75, 3.05) is 25.0 Å². The van der Waals surface area contributed by atoms with Crippen molar-refractivity contribution in [2.24, 2.45) is 0 Å². The number of fused-ring (bicyclic) bond motifs is 1. The van der Waals surface area contributed by atoms with Gasteiger partial charge in [0.15, 0.2) is 0 Å². The number of hydrogen-bond acceptors (Lipinski definition) is 6. The van der Waals surface area contributed by atoms with Gasteiger partial charge in [0, 0.05) is 67.1 Å². The van der Waals surface area contributed by atoms with Crippen LogP contribution < -0.4 is 10.6 Å². The van der Waals surface area contributed by atoms with Crippen LogP contribution in [0, 0.1) is 5.41 Å². The van der Waals surface area contributed by atoms with E-state index in [9.17, 15) is 8.42 Å². The smallest absolute Gasteiger partial charge is 0.216 e. The highest BCUT2D eigenvalue weighted by Gasteiger charge is 2.41. The molecule has 2 aromatic rings. The molecule has 3 N–H and O–H groups in total. The van der Waals surface area contributed by atoms with Gasteiger partial charge in [0.1, 0.15) is 0 Å². The standard InChI is InChI=1S/C23H31N5O2S/c1-2-8-25-15-19(14-24)18-12-17-5-9-26-16-22(17)23(13-18)27-20-6-10-28(11-7-20)31(29,30)21-3-4-21/h5,9,12-16,20-21,24-25,27H,2-4,6-8,10-11H2,1H3/b19-15+,24-14?. The maximum atomic E-state index is 12.5. The number of anilines is 1. The molecule has 1 aromatic heterocycles. The summed E-state index contributed by atoms with van der Waals surface area (Å²) >= 11 is 0. The topological polar surface area (TPSA) is 98.2 Å². The van der Waals surface area contributed by atoms with E-state index >= 15 is 0 Å². The highest BCUT2D eigenvalue weighted by atomic mass is 32.2. The van der Waals surface area contributed by atoms with Crippen LogP contribution in [0.2, 0.25) is 0 Å². The number of hydrogen-bond donors (Lipinski definition) is 3. The van der Waals surface area contributed by atoms with Crippen LogP contribution in [-0.2, 0) is 10.0 Å². The first-order chi connectivity index (χ1) is 15.0. The Kier molecular flexibility index (Phi) is 6.57. The number of benzene rings is 1. The molecule has 1 aromatic carbocycles. The Bertz CT molecular complexity index is 1070. The lowest BCUT2D eigenvalue weighted by molar-refractivity contribution is 0.329. The molecule has 4 rings (SSSR count). The van der Waals surface area contributed by atoms with Gasteiger partial charge >= 0.3 is 0 Å². The number of sulfonamides is 1. The van der Waals surface area contributed by atoms with E-state index in [2.05, 4.69) is 34.7 Å². The van der Waals surface area contributed by atoms with E-state index in [1.165, 1.54) is 6.21 Å². The summed E-state index contributed by atoms with van der Waals surface area (Å²) in [5, 5.41) is 16.7. The number of rotatable bonds is 9. The molecule has 31 heavy (non-hydrogen) atoms. The van der Waals surface area contributed by atoms with E-state index in [0.29, 0.717) is 13.1 Å². The van der Waals surface area contributed by atoms with Crippen LogP contribution >= 0.6 is 0 Å². The number of pyridine rings is 1. The van der Waals surface area contributed by atoms with Crippen molar-refractivity contribution in [3.63, 3.8) is 0 Å². The first kappa shape index (κ1) is 21.8. The maximum Gasteiger partial charge on any atom is 0.216 e. The van der Waals surface area contributed by atoms with Gasteiger partial charge in [-0.1, -0.05) is 6.92 Å². The Morgan fingerprint density at radius 2 is 2.03 bits per heavy atom. The Morgan fingerprint density at radius 1 is 1.26 bits per heavy atom. The molecular formula is C23H31N5O2S. The van der Waals surface area contributed by atoms with Crippen molar-refractivity contribution < 1.29 is 8.42 Å². The van der Waals surface area contributed by atoms with Crippen LogP contribution in [0.1, 0.15) is 44.6 Å². The molecule has 0 atom stereocenters. The zero-order valence-electron chi connectivity index (χ0n) is 18.0. The van der Waals surface area contributed by atoms with Gasteiger partial charge in [-0.3, -0.25) is 4.98 Å². The van der Waals surface area contributed by atoms with E-state index in [4.69, 9.17) is 5.41 Å². The van der Waals surface area contributed by atoms with Crippen LogP contribution in [-0.4, -0.2) is 54.8 Å². The lowest BCUT2D eigenvalue weighted by atomic mass is 10.00. The molecule has 0 bridgehead atoms. The Morgan fingerprint density at radius 3 is 2.71 bits per heavy atom. The van der Waals surface area contributed by atoms with Gasteiger partial charge in [0.05, 0.1) is 5.25 Å². The molecule has 1 saturated carbocycles. The van der Waals surface area contributed by atoms with E-state index in [0.717, 1.165) is 66.2 Å². The first-order valence-corrected chi connectivity index (χ1v) is 12.6. The van der Waals surface area contributed by atoms with Gasteiger partial charge in [0.2, 0.25) is 10.0 Å². The van der Waals surface area contributed by atoms with Crippen LogP contribution in [0.3, 0.4) is 0 Å². The predicted octanol–water partition coefficient (Wildman–Crippen LogP) is 3.59. The zero-order valence-corrected chi connectivity index (χ0v) is 18.8. The molecule has 166 valence electrons. The second-order valence-corrected chi connectivity index (χ2v) is 10.6. The van der Waals surface area contributed by atoms with E-state index in [1.54, 1.807) is 10.5 Å². The van der Waals surface area contributed by atoms with Crippen molar-refractivity contribution in [2.45, 2.75) is 50.3 Å². The van der Waals surface area contributed by atoms with Crippen LogP contribution in [0.4, 0.5) is 5.69 Å². The van der Waals surface area contributed by atoms with Gasteiger partial charge in [0.25, 0.3) is 0 Å². The van der Waals surface area contributed by atoms with Crippen molar-refractivity contribution in [3.8, 4) is 0 Å². The summed E-state index contributed by atoms with van der Waals surface area (Å²) in [5.74, 6) is 0. The molecule has 2 aliphatic rings. The van der Waals surface area contributed by atoms with E-state index in [1.807, 2.05) is 18.5 Å². The normalized spacial score (nSPS) is 18.8. The molecule has 8 heteroatoms. The van der Waals surface area contributed by atoms with E-state index in [-0.39, 0.29) is 11.3 Å². The SMILES string of the molecule is CCCN/C=C(\C=N)c1cc(NC2CCN(S(=O)(=O)C3CC3)CC2)c2cnccc2c1. The van der Waals surface area contributed by atoms with Crippen LogP contribution in [0.25, 0.3) is 16.3 Å². The largest absolute Gasteiger partial charge is 0.390 e. The molecular weight excluding hydrogens is 410 g/mol. The molecule has 0 spiro atoms. The van der Waals surface area contributed by atoms with Gasteiger partial charge < -0.3 is 16.0 Å². The predicted molar refractivity (Wildman–Crippen MR) is 127 cm³/mol. The van der Waals surface area contributed by atoms with Crippen LogP contribution in [0.5, 0.6) is 0 Å². The minimum atomic E-state index is -3.10. The Hall–Kier alpha value is -2.45. The third kappa shape index (κ3) is 4.91. The maximum absolute atomic E-state index is 12.5. The number of nitrogens with one attached hydrogen (secondary N) is 3. The molecule has 0 radical (unpaired) electrons. The highest BCUT2D eigenvalue weighted by Crippen LogP contribution is 2.33. The van der Waals surface area contributed by atoms with Gasteiger partial charge in [-0.05, 0) is 61.3 Å². The monoisotopic (exact) mass is 441 g/mol. The summed E-state index contributed by atoms with van der Waals surface area (Å²) in [7, 11) is -3.10. The molecule has 0 unspecified atom stereocenters. The Labute approximate surface area is 184 Å². The second kappa shape index (κ2) is 9.36. The summed E-state index contributed by atoms with van der Waals surface area (Å²) in [5.41, 5.74) is 2.77. The lowest BCUT2D eigenvalue weighted by Crippen LogP contribution is -2.43. The molecule has 1 aliphatic heterocycles. The van der Waals surface area contributed by atoms with Crippen molar-refractivity contribution in [1.29, 1.82) is 5.41 Å². The van der Waals surface area contributed by atoms with Gasteiger partial charge in [-0.25, -0.2) is 12.7 Å². The number of nitrogens with zero attached hydrogens (tertiary/aromatic N) is 2. The van der Waals surface area contributed by atoms with Crippen molar-refractivity contribution in [1.82, 2.24) is 14.6 Å². The number of allylic oxidation sites excluding steroid dienone is 1. The lowest BCUT2D eigenvalue weighted by Gasteiger charge is -2.32. The average molecular weight is 442 g/mol. The number of aromatic nitrogens is 1. The van der Waals surface area contributed by atoms with Crippen molar-refractivity contribution in [3.05, 3.63) is 42.4 Å². The molecule has 2 heterocycles. The van der Waals surface area contributed by atoms with E-state index < -0.39 is 10.0 Å². The molecule has 1 aliphatic carbocycles. The third-order valence-corrected chi connectivity index (χ3v) is 8.41. The second-order valence-electron chi connectivity index (χ2n) is 8.38. The van der Waals surface area contributed by atoms with Crippen molar-refractivity contribution >= 4 is 38.3 Å². The van der Waals surface area contributed by atoms with Crippen LogP contribution in [0.15, 0.2) is 36.8 Å². The molecule has 7 nitrogen and oxygen atoms in total. The summed E-state index contributed by atoms with van der Waals surface area (Å²) < 4.78 is 26.7. The summed E-state index contributed by atoms with van der Waals surface area (Å²) in [4.78, 5) is 4.29. The summed E-state index contributed by atoms with van der Waals surface area (Å²) in [6.45, 7) is 4.11. The molecule has 0 amide bonds. The quantitative estimate of drug-likeness (QED) is 0.408. The third-order valence-electron chi connectivity index (χ3n) is 6.02. The summed E-state index contributed by atoms with van der Waals surface area (Å²) in [6, 6.07) is 6.34. The number of piperidine rings is 1. The molecule has 1 saturated heterocycles. The summed E-state index contributed by atoms with van der Waals surface area (Å²) in [6.07, 6.45) is 11.1. The average Bonchev–Trinajstić information content (AvgIpc) is 3.63. The fourth-order valence-electron chi connectivity index (χ4n) is 4.07. The highest BCUT2D eigenvalue weighted by molar-refractivity contribution is 7.90. The molecule has 2 fully saturated rings. The Balaban J connectivity index is 1.54. The minimum absolute atomic E-state index is 0.142. The van der Waals surface area contributed by atoms with Gasteiger partial charge in [-0.2, -0.15) is 0 Å². The fourth-order valence-corrected chi connectivity index (χ4v) is 5.94. The van der Waals surface area contributed by atoms with Gasteiger partial charge in [-0.15, -0.1) is 0 Å². The first-order valence-electron chi connectivity index (χ1n) is 11.1. The minimum Gasteiger partial charge on any atom is -0.390 e.